The molecule has 0 bridgehead atoms. The lowest BCUT2D eigenvalue weighted by molar-refractivity contribution is -0.113. The minimum Gasteiger partial charge on any atom is -0.497 e. The fourth-order valence-electron chi connectivity index (χ4n) is 2.31. The van der Waals surface area contributed by atoms with Crippen LogP contribution in [0.1, 0.15) is 16.8 Å². The van der Waals surface area contributed by atoms with Crippen molar-refractivity contribution in [3.63, 3.8) is 0 Å². The summed E-state index contributed by atoms with van der Waals surface area (Å²) in [5, 5.41) is 11.3. The molecule has 9 heteroatoms. The predicted molar refractivity (Wildman–Crippen MR) is 104 cm³/mol. The number of carboxylic acids is 1. The van der Waals surface area contributed by atoms with Gasteiger partial charge in [-0.05, 0) is 55.0 Å². The monoisotopic (exact) mass is 407 g/mol. The molecule has 28 heavy (non-hydrogen) atoms. The van der Waals surface area contributed by atoms with Crippen LogP contribution in [0.3, 0.4) is 0 Å². The topological polar surface area (TPSA) is 119 Å². The van der Waals surface area contributed by atoms with Crippen molar-refractivity contribution in [3.8, 4) is 11.5 Å². The largest absolute Gasteiger partial charge is 0.497 e. The van der Waals surface area contributed by atoms with Crippen LogP contribution in [0, 0.1) is 0 Å². The average Bonchev–Trinajstić information content (AvgIpc) is 2.65. The van der Waals surface area contributed by atoms with Gasteiger partial charge < -0.3 is 19.9 Å². The SMILES string of the molecule is COc1ccc(NC(=O)CS(=O)(=O)CCCOc2ccc(C(=O)O)cc2)cc1. The van der Waals surface area contributed by atoms with Gasteiger partial charge in [-0.25, -0.2) is 13.2 Å². The molecule has 0 spiro atoms. The number of amides is 1. The Kier molecular flexibility index (Phi) is 7.39. The van der Waals surface area contributed by atoms with E-state index in [4.69, 9.17) is 14.6 Å². The maximum Gasteiger partial charge on any atom is 0.335 e. The molecular weight excluding hydrogens is 386 g/mol. The highest BCUT2D eigenvalue weighted by molar-refractivity contribution is 7.92. The van der Waals surface area contributed by atoms with Gasteiger partial charge in [0.25, 0.3) is 0 Å². The summed E-state index contributed by atoms with van der Waals surface area (Å²) in [6.07, 6.45) is 0.207. The minimum absolute atomic E-state index is 0.131. The van der Waals surface area contributed by atoms with Crippen LogP contribution in [0.4, 0.5) is 5.69 Å². The Morgan fingerprint density at radius 3 is 2.18 bits per heavy atom. The number of carboxylic acid groups (broad SMARTS) is 1. The summed E-state index contributed by atoms with van der Waals surface area (Å²) < 4.78 is 34.5. The van der Waals surface area contributed by atoms with Gasteiger partial charge in [-0.3, -0.25) is 4.79 Å². The van der Waals surface area contributed by atoms with E-state index in [1.54, 1.807) is 24.3 Å². The van der Waals surface area contributed by atoms with Gasteiger partial charge in [0.05, 0.1) is 25.0 Å². The summed E-state index contributed by atoms with van der Waals surface area (Å²) in [6, 6.07) is 12.4. The molecule has 0 aliphatic carbocycles. The van der Waals surface area contributed by atoms with E-state index in [-0.39, 0.29) is 24.3 Å². The second-order valence-corrected chi connectivity index (χ2v) is 8.08. The van der Waals surface area contributed by atoms with E-state index < -0.39 is 27.5 Å². The van der Waals surface area contributed by atoms with Crippen LogP contribution >= 0.6 is 0 Å². The van der Waals surface area contributed by atoms with Crippen molar-refractivity contribution in [2.24, 2.45) is 0 Å². The first kappa shape index (κ1) is 21.2. The number of carbonyl (C=O) groups is 2. The molecule has 0 saturated heterocycles. The molecule has 2 aromatic rings. The maximum atomic E-state index is 12.1. The minimum atomic E-state index is -3.58. The number of aromatic carboxylic acids is 1. The first-order valence-electron chi connectivity index (χ1n) is 8.39. The van der Waals surface area contributed by atoms with Crippen LogP contribution < -0.4 is 14.8 Å². The first-order chi connectivity index (χ1) is 13.3. The molecule has 1 amide bonds. The van der Waals surface area contributed by atoms with Crippen LogP contribution in [0.2, 0.25) is 0 Å². The van der Waals surface area contributed by atoms with E-state index in [2.05, 4.69) is 5.32 Å². The Balaban J connectivity index is 1.74. The Labute approximate surface area is 163 Å². The standard InChI is InChI=1S/C19H21NO7S/c1-26-16-9-5-15(6-10-16)20-18(21)13-28(24,25)12-2-11-27-17-7-3-14(4-8-17)19(22)23/h3-10H,2,11-13H2,1H3,(H,20,21)(H,22,23). The van der Waals surface area contributed by atoms with Crippen molar-refractivity contribution in [1.29, 1.82) is 0 Å². The van der Waals surface area contributed by atoms with Crippen LogP contribution in [-0.4, -0.2) is 50.6 Å². The highest BCUT2D eigenvalue weighted by Gasteiger charge is 2.17. The number of sulfone groups is 1. The lowest BCUT2D eigenvalue weighted by Crippen LogP contribution is -2.25. The van der Waals surface area contributed by atoms with Crippen molar-refractivity contribution < 1.29 is 32.6 Å². The zero-order chi connectivity index (χ0) is 20.6. The second-order valence-electron chi connectivity index (χ2n) is 5.90. The maximum absolute atomic E-state index is 12.1. The lowest BCUT2D eigenvalue weighted by Gasteiger charge is -2.08. The fourth-order valence-corrected chi connectivity index (χ4v) is 3.48. The number of nitrogens with one attached hydrogen (secondary N) is 1. The fraction of sp³-hybridized carbons (Fsp3) is 0.263. The van der Waals surface area contributed by atoms with Crippen LogP contribution in [-0.2, 0) is 14.6 Å². The van der Waals surface area contributed by atoms with Crippen molar-refractivity contribution >= 4 is 27.4 Å². The Bertz CT molecular complexity index is 906. The zero-order valence-electron chi connectivity index (χ0n) is 15.3. The van der Waals surface area contributed by atoms with E-state index in [1.165, 1.54) is 31.4 Å². The summed E-state index contributed by atoms with van der Waals surface area (Å²) in [6.45, 7) is 0.131. The summed E-state index contributed by atoms with van der Waals surface area (Å²) in [7, 11) is -2.06. The summed E-state index contributed by atoms with van der Waals surface area (Å²) in [4.78, 5) is 22.7. The molecular formula is C19H21NO7S. The summed E-state index contributed by atoms with van der Waals surface area (Å²) >= 11 is 0. The van der Waals surface area contributed by atoms with Gasteiger partial charge in [0.15, 0.2) is 9.84 Å². The quantitative estimate of drug-likeness (QED) is 0.580. The summed E-state index contributed by atoms with van der Waals surface area (Å²) in [5.41, 5.74) is 0.618. The molecule has 0 saturated carbocycles. The van der Waals surface area contributed by atoms with Crippen LogP contribution in [0.5, 0.6) is 11.5 Å². The molecule has 2 aromatic carbocycles. The Hall–Kier alpha value is -3.07. The Morgan fingerprint density at radius 2 is 1.61 bits per heavy atom. The molecule has 0 aliphatic rings. The first-order valence-corrected chi connectivity index (χ1v) is 10.2. The number of carbonyl (C=O) groups excluding carboxylic acids is 1. The van der Waals surface area contributed by atoms with Crippen LogP contribution in [0.15, 0.2) is 48.5 Å². The summed E-state index contributed by atoms with van der Waals surface area (Å²) in [5.74, 6) is -1.40. The van der Waals surface area contributed by atoms with E-state index in [1.807, 2.05) is 0 Å². The van der Waals surface area contributed by atoms with Gasteiger partial charge in [0.1, 0.15) is 17.3 Å². The number of methoxy groups -OCH3 is 1. The predicted octanol–water partition coefficient (Wildman–Crippen LogP) is 2.22. The molecule has 0 radical (unpaired) electrons. The number of hydrogen-bond donors (Lipinski definition) is 2. The smallest absolute Gasteiger partial charge is 0.335 e. The number of ether oxygens (including phenoxy) is 2. The molecule has 0 atom stereocenters. The van der Waals surface area contributed by atoms with E-state index in [0.29, 0.717) is 17.2 Å². The molecule has 0 unspecified atom stereocenters. The molecule has 0 fully saturated rings. The normalized spacial score (nSPS) is 10.9. The molecule has 2 rings (SSSR count). The molecule has 0 aliphatic heterocycles. The van der Waals surface area contributed by atoms with E-state index in [0.717, 1.165) is 0 Å². The van der Waals surface area contributed by atoms with Gasteiger partial charge in [-0.15, -0.1) is 0 Å². The molecule has 0 aromatic heterocycles. The highest BCUT2D eigenvalue weighted by atomic mass is 32.2. The lowest BCUT2D eigenvalue weighted by atomic mass is 10.2. The third-order valence-electron chi connectivity index (χ3n) is 3.69. The van der Waals surface area contributed by atoms with E-state index >= 15 is 0 Å². The molecule has 150 valence electrons. The van der Waals surface area contributed by atoms with Gasteiger partial charge in [0, 0.05) is 5.69 Å². The van der Waals surface area contributed by atoms with Gasteiger partial charge >= 0.3 is 5.97 Å². The van der Waals surface area contributed by atoms with Crippen molar-refractivity contribution in [2.75, 3.05) is 30.5 Å². The highest BCUT2D eigenvalue weighted by Crippen LogP contribution is 2.15. The van der Waals surface area contributed by atoms with Gasteiger partial charge in [-0.1, -0.05) is 0 Å². The van der Waals surface area contributed by atoms with Crippen molar-refractivity contribution in [2.45, 2.75) is 6.42 Å². The molecule has 2 N–H and O–H groups in total. The van der Waals surface area contributed by atoms with Gasteiger partial charge in [-0.2, -0.15) is 0 Å². The van der Waals surface area contributed by atoms with E-state index in [9.17, 15) is 18.0 Å². The van der Waals surface area contributed by atoms with Crippen molar-refractivity contribution in [3.05, 3.63) is 54.1 Å². The number of anilines is 1. The number of hydrogen-bond acceptors (Lipinski definition) is 6. The van der Waals surface area contributed by atoms with Gasteiger partial charge in [0.2, 0.25) is 5.91 Å². The second kappa shape index (κ2) is 9.75. The number of rotatable bonds is 10. The van der Waals surface area contributed by atoms with Crippen molar-refractivity contribution in [1.82, 2.24) is 0 Å². The molecule has 8 nitrogen and oxygen atoms in total. The Morgan fingerprint density at radius 1 is 1.00 bits per heavy atom. The number of benzene rings is 2. The van der Waals surface area contributed by atoms with Crippen LogP contribution in [0.25, 0.3) is 0 Å². The third kappa shape index (κ3) is 6.92. The average molecular weight is 407 g/mol. The molecule has 0 heterocycles. The third-order valence-corrected chi connectivity index (χ3v) is 5.31. The zero-order valence-corrected chi connectivity index (χ0v) is 16.1.